The monoisotopic (exact) mass is 200 g/mol. The summed E-state index contributed by atoms with van der Waals surface area (Å²) in [6, 6.07) is 10.2. The summed E-state index contributed by atoms with van der Waals surface area (Å²) >= 11 is 0. The molecule has 78 valence electrons. The molecular formula is C13H16N2. The van der Waals surface area contributed by atoms with Crippen molar-refractivity contribution in [2.45, 2.75) is 20.8 Å². The van der Waals surface area contributed by atoms with Crippen molar-refractivity contribution in [1.82, 2.24) is 4.57 Å². The van der Waals surface area contributed by atoms with E-state index < -0.39 is 0 Å². The van der Waals surface area contributed by atoms with Gasteiger partial charge in [0, 0.05) is 11.4 Å². The molecule has 0 saturated heterocycles. The van der Waals surface area contributed by atoms with E-state index in [-0.39, 0.29) is 0 Å². The molecule has 0 aliphatic heterocycles. The highest BCUT2D eigenvalue weighted by Gasteiger charge is 2.12. The largest absolute Gasteiger partial charge is 0.385 e. The Morgan fingerprint density at radius 2 is 1.53 bits per heavy atom. The number of nitrogens with zero attached hydrogens (tertiary/aromatic N) is 1. The molecule has 0 spiro atoms. The summed E-state index contributed by atoms with van der Waals surface area (Å²) in [4.78, 5) is 0. The van der Waals surface area contributed by atoms with E-state index >= 15 is 0 Å². The third-order valence-electron chi connectivity index (χ3n) is 3.08. The van der Waals surface area contributed by atoms with Gasteiger partial charge in [0.2, 0.25) is 0 Å². The van der Waals surface area contributed by atoms with Crippen LogP contribution in [0.5, 0.6) is 0 Å². The topological polar surface area (TPSA) is 30.9 Å². The van der Waals surface area contributed by atoms with E-state index in [2.05, 4.69) is 37.5 Å². The predicted octanol–water partition coefficient (Wildman–Crippen LogP) is 2.98. The lowest BCUT2D eigenvalue weighted by Gasteiger charge is -2.08. The smallest absolute Gasteiger partial charge is 0.111 e. The summed E-state index contributed by atoms with van der Waals surface area (Å²) in [5.41, 5.74) is 10.9. The Kier molecular flexibility index (Phi) is 2.27. The quantitative estimate of drug-likeness (QED) is 0.753. The maximum absolute atomic E-state index is 6.10. The van der Waals surface area contributed by atoms with Crippen LogP contribution in [-0.2, 0) is 0 Å². The summed E-state index contributed by atoms with van der Waals surface area (Å²) < 4.78 is 2.10. The second kappa shape index (κ2) is 3.46. The predicted molar refractivity (Wildman–Crippen MR) is 64.4 cm³/mol. The lowest BCUT2D eigenvalue weighted by Crippen LogP contribution is -2.01. The standard InChI is InChI=1S/C13H16N2/c1-9-10(2)13(14)15(11(9)3)12-7-5-4-6-8-12/h4-8H,14H2,1-3H3. The van der Waals surface area contributed by atoms with Crippen molar-refractivity contribution in [3.05, 3.63) is 47.2 Å². The first-order chi connectivity index (χ1) is 7.13. The second-order valence-corrected chi connectivity index (χ2v) is 3.89. The van der Waals surface area contributed by atoms with Crippen LogP contribution < -0.4 is 5.73 Å². The highest BCUT2D eigenvalue weighted by Crippen LogP contribution is 2.26. The maximum atomic E-state index is 6.10. The van der Waals surface area contributed by atoms with E-state index in [1.54, 1.807) is 0 Å². The summed E-state index contributed by atoms with van der Waals surface area (Å²) in [6.45, 7) is 6.28. The second-order valence-electron chi connectivity index (χ2n) is 3.89. The molecule has 2 rings (SSSR count). The molecule has 1 aromatic heterocycles. The Morgan fingerprint density at radius 1 is 0.933 bits per heavy atom. The first-order valence-corrected chi connectivity index (χ1v) is 5.12. The van der Waals surface area contributed by atoms with E-state index in [4.69, 9.17) is 5.73 Å². The Morgan fingerprint density at radius 3 is 2.00 bits per heavy atom. The molecular weight excluding hydrogens is 184 g/mol. The minimum absolute atomic E-state index is 0.844. The Labute approximate surface area is 90.3 Å². The van der Waals surface area contributed by atoms with Crippen LogP contribution in [0.2, 0.25) is 0 Å². The van der Waals surface area contributed by atoms with Crippen LogP contribution in [0, 0.1) is 20.8 Å². The Hall–Kier alpha value is -1.70. The third kappa shape index (κ3) is 1.42. The first kappa shape index (κ1) is 9.84. The van der Waals surface area contributed by atoms with Gasteiger partial charge in [0.1, 0.15) is 5.82 Å². The fraction of sp³-hybridized carbons (Fsp3) is 0.231. The zero-order chi connectivity index (χ0) is 11.0. The number of nitrogen functional groups attached to an aromatic ring is 1. The van der Waals surface area contributed by atoms with Crippen molar-refractivity contribution in [2.24, 2.45) is 0 Å². The minimum Gasteiger partial charge on any atom is -0.385 e. The van der Waals surface area contributed by atoms with Crippen LogP contribution in [0.4, 0.5) is 5.82 Å². The molecule has 2 heteroatoms. The number of benzene rings is 1. The van der Waals surface area contributed by atoms with Crippen LogP contribution in [0.15, 0.2) is 30.3 Å². The number of para-hydroxylation sites is 1. The lowest BCUT2D eigenvalue weighted by atomic mass is 10.2. The molecule has 0 saturated carbocycles. The molecule has 2 aromatic rings. The summed E-state index contributed by atoms with van der Waals surface area (Å²) in [5.74, 6) is 0.844. The van der Waals surface area contributed by atoms with Crippen LogP contribution in [0.1, 0.15) is 16.8 Å². The van der Waals surface area contributed by atoms with Crippen LogP contribution in [0.25, 0.3) is 5.69 Å². The van der Waals surface area contributed by atoms with E-state index in [0.717, 1.165) is 11.5 Å². The molecule has 2 N–H and O–H groups in total. The van der Waals surface area contributed by atoms with Gasteiger partial charge < -0.3 is 10.3 Å². The normalized spacial score (nSPS) is 10.6. The van der Waals surface area contributed by atoms with Crippen molar-refractivity contribution in [3.8, 4) is 5.69 Å². The zero-order valence-corrected chi connectivity index (χ0v) is 9.41. The van der Waals surface area contributed by atoms with Gasteiger partial charge in [-0.05, 0) is 44.0 Å². The Balaban J connectivity index is 2.69. The van der Waals surface area contributed by atoms with E-state index in [0.29, 0.717) is 0 Å². The molecule has 0 aliphatic carbocycles. The number of hydrogen-bond acceptors (Lipinski definition) is 1. The molecule has 1 aromatic carbocycles. The molecule has 0 bridgehead atoms. The average molecular weight is 200 g/mol. The van der Waals surface area contributed by atoms with Crippen molar-refractivity contribution in [3.63, 3.8) is 0 Å². The first-order valence-electron chi connectivity index (χ1n) is 5.12. The summed E-state index contributed by atoms with van der Waals surface area (Å²) in [7, 11) is 0. The number of anilines is 1. The fourth-order valence-electron chi connectivity index (χ4n) is 1.89. The highest BCUT2D eigenvalue weighted by atomic mass is 15.1. The number of rotatable bonds is 1. The van der Waals surface area contributed by atoms with Crippen molar-refractivity contribution >= 4 is 5.82 Å². The van der Waals surface area contributed by atoms with Gasteiger partial charge in [0.05, 0.1) is 0 Å². The van der Waals surface area contributed by atoms with Crippen molar-refractivity contribution < 1.29 is 0 Å². The fourth-order valence-corrected chi connectivity index (χ4v) is 1.89. The van der Waals surface area contributed by atoms with E-state index in [1.807, 2.05) is 18.2 Å². The van der Waals surface area contributed by atoms with Gasteiger partial charge in [-0.3, -0.25) is 0 Å². The van der Waals surface area contributed by atoms with Gasteiger partial charge in [-0.2, -0.15) is 0 Å². The van der Waals surface area contributed by atoms with Crippen molar-refractivity contribution in [1.29, 1.82) is 0 Å². The number of nitrogens with two attached hydrogens (primary N) is 1. The molecule has 0 radical (unpaired) electrons. The van der Waals surface area contributed by atoms with Crippen molar-refractivity contribution in [2.75, 3.05) is 5.73 Å². The molecule has 0 unspecified atom stereocenters. The molecule has 0 fully saturated rings. The maximum Gasteiger partial charge on any atom is 0.111 e. The number of hydrogen-bond donors (Lipinski definition) is 1. The molecule has 0 aliphatic rings. The van der Waals surface area contributed by atoms with Gasteiger partial charge in [-0.25, -0.2) is 0 Å². The molecule has 0 amide bonds. The summed E-state index contributed by atoms with van der Waals surface area (Å²) in [5, 5.41) is 0. The van der Waals surface area contributed by atoms with Gasteiger partial charge in [0.25, 0.3) is 0 Å². The molecule has 0 atom stereocenters. The molecule has 2 nitrogen and oxygen atoms in total. The van der Waals surface area contributed by atoms with E-state index in [9.17, 15) is 0 Å². The third-order valence-corrected chi connectivity index (χ3v) is 3.08. The SMILES string of the molecule is Cc1c(C)c(N)n(-c2ccccc2)c1C. The summed E-state index contributed by atoms with van der Waals surface area (Å²) in [6.07, 6.45) is 0. The highest BCUT2D eigenvalue weighted by molar-refractivity contribution is 5.56. The van der Waals surface area contributed by atoms with Gasteiger partial charge in [-0.15, -0.1) is 0 Å². The van der Waals surface area contributed by atoms with E-state index in [1.165, 1.54) is 16.8 Å². The Bertz CT molecular complexity index is 455. The number of aromatic nitrogens is 1. The molecule has 15 heavy (non-hydrogen) atoms. The van der Waals surface area contributed by atoms with Crippen LogP contribution in [-0.4, -0.2) is 4.57 Å². The van der Waals surface area contributed by atoms with Gasteiger partial charge in [-0.1, -0.05) is 18.2 Å². The molecule has 1 heterocycles. The van der Waals surface area contributed by atoms with Gasteiger partial charge >= 0.3 is 0 Å². The van der Waals surface area contributed by atoms with Crippen LogP contribution >= 0.6 is 0 Å². The lowest BCUT2D eigenvalue weighted by molar-refractivity contribution is 1.02. The minimum atomic E-state index is 0.844. The zero-order valence-electron chi connectivity index (χ0n) is 9.41. The van der Waals surface area contributed by atoms with Crippen LogP contribution in [0.3, 0.4) is 0 Å². The van der Waals surface area contributed by atoms with Gasteiger partial charge in [0.15, 0.2) is 0 Å². The average Bonchev–Trinajstić information content (AvgIpc) is 2.45.